The van der Waals surface area contributed by atoms with Gasteiger partial charge in [-0.1, -0.05) is 0 Å². The summed E-state index contributed by atoms with van der Waals surface area (Å²) in [4.78, 5) is 11.8. The van der Waals surface area contributed by atoms with Crippen LogP contribution in [-0.2, 0) is 14.3 Å². The molecule has 1 amide bonds. The molecule has 1 aliphatic rings. The summed E-state index contributed by atoms with van der Waals surface area (Å²) in [5, 5.41) is 8.98. The molecule has 1 saturated heterocycles. The Kier molecular flexibility index (Phi) is 8.27. The number of amides is 1. The lowest BCUT2D eigenvalue weighted by Gasteiger charge is -2.25. The number of likely N-dealkylation sites (tertiary alicyclic amines) is 1. The van der Waals surface area contributed by atoms with Crippen LogP contribution < -0.4 is 0 Å². The van der Waals surface area contributed by atoms with E-state index in [1.807, 2.05) is 6.92 Å². The molecule has 0 unspecified atom stereocenters. The van der Waals surface area contributed by atoms with Crippen molar-refractivity contribution in [1.29, 1.82) is 0 Å². The number of carbonyl (C=O) groups excluding carboxylic acids is 1. The van der Waals surface area contributed by atoms with E-state index in [0.29, 0.717) is 13.1 Å². The fraction of sp³-hybridized carbons (Fsp3) is 0.900. The Morgan fingerprint density at radius 2 is 1.80 bits per heavy atom. The lowest BCUT2D eigenvalue weighted by atomic mass is 10.1. The van der Waals surface area contributed by atoms with Crippen molar-refractivity contribution < 1.29 is 19.4 Å². The summed E-state index contributed by atoms with van der Waals surface area (Å²) in [5.74, 6) is 0. The molecule has 1 fully saturated rings. The van der Waals surface area contributed by atoms with E-state index in [9.17, 15) is 4.79 Å². The minimum atomic E-state index is -0.179. The first-order valence-corrected chi connectivity index (χ1v) is 5.07. The van der Waals surface area contributed by atoms with Crippen molar-refractivity contribution in [3.8, 4) is 0 Å². The van der Waals surface area contributed by atoms with Crippen LogP contribution in [0, 0.1) is 0 Å². The van der Waals surface area contributed by atoms with Crippen LogP contribution in [0.15, 0.2) is 0 Å². The zero-order chi connectivity index (χ0) is 11.7. The summed E-state index contributed by atoms with van der Waals surface area (Å²) in [5.41, 5.74) is 0. The van der Waals surface area contributed by atoms with Crippen LogP contribution >= 0.6 is 0 Å². The Balaban J connectivity index is 0.000000288. The minimum Gasteiger partial charge on any atom is -0.393 e. The third kappa shape index (κ3) is 7.30. The lowest BCUT2D eigenvalue weighted by molar-refractivity contribution is -0.119. The van der Waals surface area contributed by atoms with E-state index in [1.165, 1.54) is 0 Å². The van der Waals surface area contributed by atoms with Gasteiger partial charge in [-0.25, -0.2) is 0 Å². The van der Waals surface area contributed by atoms with Gasteiger partial charge in [0.1, 0.15) is 0 Å². The second kappa shape index (κ2) is 8.64. The van der Waals surface area contributed by atoms with Crippen LogP contribution in [-0.4, -0.2) is 56.1 Å². The first-order chi connectivity index (χ1) is 7.13. The van der Waals surface area contributed by atoms with E-state index in [-0.39, 0.29) is 12.4 Å². The molecule has 90 valence electrons. The number of carbonyl (C=O) groups is 1. The number of methoxy groups -OCH3 is 2. The summed E-state index contributed by atoms with van der Waals surface area (Å²) in [6.07, 6.45) is 2.06. The molecule has 15 heavy (non-hydrogen) atoms. The van der Waals surface area contributed by atoms with E-state index in [4.69, 9.17) is 5.11 Å². The average Bonchev–Trinajstić information content (AvgIpc) is 2.30. The number of hydrogen-bond donors (Lipinski definition) is 1. The molecule has 0 aromatic carbocycles. The van der Waals surface area contributed by atoms with Crippen LogP contribution in [0.25, 0.3) is 0 Å². The predicted molar refractivity (Wildman–Crippen MR) is 56.4 cm³/mol. The highest BCUT2D eigenvalue weighted by molar-refractivity contribution is 5.47. The largest absolute Gasteiger partial charge is 0.393 e. The van der Waals surface area contributed by atoms with Crippen LogP contribution in [0.2, 0.25) is 0 Å². The van der Waals surface area contributed by atoms with Gasteiger partial charge in [0.05, 0.1) is 6.10 Å². The number of ether oxygens (including phenoxy) is 2. The lowest BCUT2D eigenvalue weighted by Crippen LogP contribution is -2.34. The van der Waals surface area contributed by atoms with Gasteiger partial charge in [-0.15, -0.1) is 0 Å². The highest BCUT2D eigenvalue weighted by Crippen LogP contribution is 2.06. The van der Waals surface area contributed by atoms with Crippen molar-refractivity contribution >= 4 is 6.41 Å². The smallest absolute Gasteiger partial charge is 0.209 e. The Hall–Kier alpha value is -0.650. The topological polar surface area (TPSA) is 59.0 Å². The summed E-state index contributed by atoms with van der Waals surface area (Å²) in [7, 11) is 3.21. The van der Waals surface area contributed by atoms with E-state index >= 15 is 0 Å². The third-order valence-electron chi connectivity index (χ3n) is 2.31. The molecule has 5 nitrogen and oxygen atoms in total. The fourth-order valence-electron chi connectivity index (χ4n) is 1.09. The first-order valence-electron chi connectivity index (χ1n) is 5.07. The highest BCUT2D eigenvalue weighted by Gasteiger charge is 2.14. The van der Waals surface area contributed by atoms with Gasteiger partial charge in [-0.2, -0.15) is 0 Å². The molecule has 0 atom stereocenters. The zero-order valence-electron chi connectivity index (χ0n) is 9.68. The van der Waals surface area contributed by atoms with E-state index in [0.717, 1.165) is 19.3 Å². The van der Waals surface area contributed by atoms with Crippen LogP contribution in [0.3, 0.4) is 0 Å². The van der Waals surface area contributed by atoms with Gasteiger partial charge in [0.2, 0.25) is 6.41 Å². The normalized spacial score (nSPS) is 17.3. The highest BCUT2D eigenvalue weighted by atomic mass is 16.7. The molecule has 0 aromatic heterocycles. The van der Waals surface area contributed by atoms with Crippen LogP contribution in [0.4, 0.5) is 0 Å². The van der Waals surface area contributed by atoms with Crippen molar-refractivity contribution in [2.75, 3.05) is 27.3 Å². The first kappa shape index (κ1) is 14.3. The molecule has 1 rings (SSSR count). The number of aliphatic hydroxyl groups excluding tert-OH is 1. The number of aliphatic hydroxyl groups is 1. The van der Waals surface area contributed by atoms with E-state index in [1.54, 1.807) is 19.1 Å². The number of rotatable bonds is 3. The van der Waals surface area contributed by atoms with Gasteiger partial charge < -0.3 is 19.5 Å². The molecule has 1 aliphatic heterocycles. The second-order valence-electron chi connectivity index (χ2n) is 3.41. The quantitative estimate of drug-likeness (QED) is 0.545. The summed E-state index contributed by atoms with van der Waals surface area (Å²) < 4.78 is 9.35. The second-order valence-corrected chi connectivity index (χ2v) is 3.41. The van der Waals surface area contributed by atoms with E-state index in [2.05, 4.69) is 9.47 Å². The summed E-state index contributed by atoms with van der Waals surface area (Å²) >= 11 is 0. The minimum absolute atomic E-state index is 0.0648. The van der Waals surface area contributed by atoms with Gasteiger partial charge in [0, 0.05) is 27.3 Å². The maximum Gasteiger partial charge on any atom is 0.209 e. The molecule has 5 heteroatoms. The average molecular weight is 219 g/mol. The molecule has 1 heterocycles. The molecule has 0 aliphatic carbocycles. The molecule has 0 spiro atoms. The Bertz CT molecular complexity index is 154. The molecule has 0 bridgehead atoms. The van der Waals surface area contributed by atoms with Crippen molar-refractivity contribution in [3.63, 3.8) is 0 Å². The fourth-order valence-corrected chi connectivity index (χ4v) is 1.09. The number of hydrogen-bond acceptors (Lipinski definition) is 4. The van der Waals surface area contributed by atoms with E-state index < -0.39 is 0 Å². The zero-order valence-corrected chi connectivity index (χ0v) is 9.68. The number of piperidine rings is 1. The third-order valence-corrected chi connectivity index (χ3v) is 2.31. The molecular weight excluding hydrogens is 198 g/mol. The Morgan fingerprint density at radius 3 is 2.07 bits per heavy atom. The van der Waals surface area contributed by atoms with Gasteiger partial charge >= 0.3 is 0 Å². The Labute approximate surface area is 91.0 Å². The molecular formula is C10H21NO4. The molecule has 1 N–H and O–H groups in total. The van der Waals surface area contributed by atoms with Gasteiger partial charge in [-0.05, 0) is 19.8 Å². The van der Waals surface area contributed by atoms with Crippen molar-refractivity contribution in [2.45, 2.75) is 32.2 Å². The predicted octanol–water partition coefficient (Wildman–Crippen LogP) is 0.225. The molecule has 0 radical (unpaired) electrons. The van der Waals surface area contributed by atoms with Crippen LogP contribution in [0.5, 0.6) is 0 Å². The van der Waals surface area contributed by atoms with Crippen molar-refractivity contribution in [1.82, 2.24) is 4.90 Å². The summed E-state index contributed by atoms with van der Waals surface area (Å²) in [6.45, 7) is 3.26. The Morgan fingerprint density at radius 1 is 1.33 bits per heavy atom. The van der Waals surface area contributed by atoms with Crippen molar-refractivity contribution in [3.05, 3.63) is 0 Å². The monoisotopic (exact) mass is 219 g/mol. The molecule has 0 saturated carbocycles. The van der Waals surface area contributed by atoms with Gasteiger partial charge in [-0.3, -0.25) is 4.79 Å². The van der Waals surface area contributed by atoms with Gasteiger partial charge in [0.25, 0.3) is 0 Å². The van der Waals surface area contributed by atoms with Gasteiger partial charge in [0.15, 0.2) is 6.29 Å². The van der Waals surface area contributed by atoms with Crippen molar-refractivity contribution in [2.24, 2.45) is 0 Å². The maximum absolute atomic E-state index is 10.1. The molecule has 0 aromatic rings. The van der Waals surface area contributed by atoms with Crippen LogP contribution in [0.1, 0.15) is 19.8 Å². The SMILES string of the molecule is COC(C)OC.O=CN1CCC(O)CC1. The standard InChI is InChI=1S/C6H11NO2.C4H10O2/c8-5-7-3-1-6(9)2-4-7;1-4(5-2)6-3/h5-6,9H,1-4H2;4H,1-3H3. The maximum atomic E-state index is 10.1. The number of nitrogens with zero attached hydrogens (tertiary/aromatic N) is 1. The summed E-state index contributed by atoms with van der Waals surface area (Å²) in [6, 6.07) is 0.